The molecule has 18 heavy (non-hydrogen) atoms. The van der Waals surface area contributed by atoms with Crippen molar-refractivity contribution in [3.8, 4) is 0 Å². The molecule has 3 rings (SSSR count). The van der Waals surface area contributed by atoms with E-state index >= 15 is 0 Å². The summed E-state index contributed by atoms with van der Waals surface area (Å²) in [6.45, 7) is 8.23. The van der Waals surface area contributed by atoms with Crippen molar-refractivity contribution in [1.82, 2.24) is 10.2 Å². The second-order valence-electron chi connectivity index (χ2n) is 6.55. The molecule has 2 aliphatic heterocycles. The van der Waals surface area contributed by atoms with Crippen LogP contribution in [-0.2, 0) is 4.74 Å². The highest BCUT2D eigenvalue weighted by atomic mass is 16.5. The molecule has 0 aromatic heterocycles. The van der Waals surface area contributed by atoms with Crippen LogP contribution in [0.2, 0.25) is 0 Å². The van der Waals surface area contributed by atoms with E-state index in [2.05, 4.69) is 17.1 Å². The van der Waals surface area contributed by atoms with Gasteiger partial charge in [0.1, 0.15) is 0 Å². The second-order valence-corrected chi connectivity index (χ2v) is 6.55. The monoisotopic (exact) mass is 252 g/mol. The maximum atomic E-state index is 5.64. The molecule has 3 aliphatic rings. The maximum absolute atomic E-state index is 5.64. The fourth-order valence-electron chi connectivity index (χ4n) is 4.02. The quantitative estimate of drug-likeness (QED) is 0.808. The van der Waals surface area contributed by atoms with Crippen LogP contribution in [0.15, 0.2) is 0 Å². The number of hydrogen-bond donors (Lipinski definition) is 1. The molecular weight excluding hydrogens is 224 g/mol. The maximum Gasteiger partial charge on any atom is 0.0700 e. The molecule has 0 bridgehead atoms. The third kappa shape index (κ3) is 2.89. The summed E-state index contributed by atoms with van der Waals surface area (Å²) in [5, 5.41) is 3.60. The molecule has 0 amide bonds. The lowest BCUT2D eigenvalue weighted by Gasteiger charge is -2.26. The molecule has 0 aromatic rings. The van der Waals surface area contributed by atoms with Gasteiger partial charge in [0.2, 0.25) is 0 Å². The largest absolute Gasteiger partial charge is 0.377 e. The van der Waals surface area contributed by atoms with Gasteiger partial charge < -0.3 is 10.1 Å². The number of ether oxygens (including phenoxy) is 1. The molecule has 2 heterocycles. The summed E-state index contributed by atoms with van der Waals surface area (Å²) < 4.78 is 5.64. The van der Waals surface area contributed by atoms with Crippen LogP contribution in [0.1, 0.15) is 39.0 Å². The number of likely N-dealkylation sites (tertiary alicyclic amines) is 1. The molecule has 0 aromatic carbocycles. The molecule has 0 radical (unpaired) electrons. The summed E-state index contributed by atoms with van der Waals surface area (Å²) in [6, 6.07) is 0.692. The van der Waals surface area contributed by atoms with Crippen molar-refractivity contribution in [1.29, 1.82) is 0 Å². The summed E-state index contributed by atoms with van der Waals surface area (Å²) in [7, 11) is 0. The van der Waals surface area contributed by atoms with Crippen LogP contribution >= 0.6 is 0 Å². The molecule has 3 nitrogen and oxygen atoms in total. The van der Waals surface area contributed by atoms with Crippen LogP contribution in [-0.4, -0.2) is 49.8 Å². The van der Waals surface area contributed by atoms with E-state index < -0.39 is 0 Å². The number of nitrogens with one attached hydrogen (secondary N) is 1. The lowest BCUT2D eigenvalue weighted by atomic mass is 10.0. The van der Waals surface area contributed by atoms with E-state index in [4.69, 9.17) is 4.74 Å². The zero-order chi connectivity index (χ0) is 12.4. The molecule has 1 N–H and O–H groups in total. The molecule has 4 unspecified atom stereocenters. The van der Waals surface area contributed by atoms with Crippen molar-refractivity contribution in [2.24, 2.45) is 11.8 Å². The molecule has 3 heteroatoms. The summed E-state index contributed by atoms with van der Waals surface area (Å²) in [5.41, 5.74) is 0. The Bertz CT molecular complexity index is 253. The lowest BCUT2D eigenvalue weighted by Crippen LogP contribution is -2.41. The van der Waals surface area contributed by atoms with Gasteiger partial charge in [0, 0.05) is 38.8 Å². The normalized spacial score (nSPS) is 38.2. The predicted molar refractivity (Wildman–Crippen MR) is 73.7 cm³/mol. The number of nitrogens with zero attached hydrogens (tertiary/aromatic N) is 1. The van der Waals surface area contributed by atoms with Crippen molar-refractivity contribution in [2.75, 3.05) is 32.8 Å². The predicted octanol–water partition coefficient (Wildman–Crippen LogP) is 1.88. The van der Waals surface area contributed by atoms with Gasteiger partial charge in [-0.15, -0.1) is 0 Å². The number of hydrogen-bond acceptors (Lipinski definition) is 3. The Morgan fingerprint density at radius 1 is 1.17 bits per heavy atom. The first-order valence-electron chi connectivity index (χ1n) is 7.89. The Morgan fingerprint density at radius 3 is 2.61 bits per heavy atom. The summed E-state index contributed by atoms with van der Waals surface area (Å²) in [4.78, 5) is 2.71. The fourth-order valence-corrected chi connectivity index (χ4v) is 4.02. The summed E-state index contributed by atoms with van der Waals surface area (Å²) in [5.74, 6) is 2.04. The number of fused-ring (bicyclic) bond motifs is 1. The minimum absolute atomic E-state index is 0.482. The lowest BCUT2D eigenvalue weighted by molar-refractivity contribution is 0.107. The van der Waals surface area contributed by atoms with Gasteiger partial charge in [-0.1, -0.05) is 6.42 Å². The van der Waals surface area contributed by atoms with Gasteiger partial charge in [-0.2, -0.15) is 0 Å². The smallest absolute Gasteiger partial charge is 0.0700 e. The molecule has 2 saturated heterocycles. The van der Waals surface area contributed by atoms with Gasteiger partial charge >= 0.3 is 0 Å². The van der Waals surface area contributed by atoms with Gasteiger partial charge in [0.05, 0.1) is 6.10 Å². The van der Waals surface area contributed by atoms with Crippen LogP contribution in [0.3, 0.4) is 0 Å². The van der Waals surface area contributed by atoms with Gasteiger partial charge in [0.15, 0.2) is 0 Å². The zero-order valence-corrected chi connectivity index (χ0v) is 11.7. The molecular formula is C15H28N2O. The molecule has 3 fully saturated rings. The third-order valence-corrected chi connectivity index (χ3v) is 5.21. The molecule has 0 spiro atoms. The third-order valence-electron chi connectivity index (χ3n) is 5.21. The first kappa shape index (κ1) is 12.9. The van der Waals surface area contributed by atoms with Crippen LogP contribution < -0.4 is 5.32 Å². The Hall–Kier alpha value is -0.120. The molecule has 1 aliphatic carbocycles. The first-order chi connectivity index (χ1) is 8.83. The standard InChI is InChI=1S/C15H28N2O/c1-12(8-16-9-15-6-3-7-18-15)17-10-13-4-2-5-14(13)11-17/h12-16H,2-11H2,1H3. The fraction of sp³-hybridized carbons (Fsp3) is 1.00. The Morgan fingerprint density at radius 2 is 1.94 bits per heavy atom. The van der Waals surface area contributed by atoms with E-state index in [1.165, 1.54) is 45.2 Å². The summed E-state index contributed by atoms with van der Waals surface area (Å²) >= 11 is 0. The zero-order valence-electron chi connectivity index (χ0n) is 11.7. The van der Waals surface area contributed by atoms with Gasteiger partial charge in [-0.05, 0) is 44.4 Å². The highest BCUT2D eigenvalue weighted by Gasteiger charge is 2.37. The SMILES string of the molecule is CC(CNCC1CCCO1)N1CC2CCCC2C1. The van der Waals surface area contributed by atoms with Crippen molar-refractivity contribution in [3.05, 3.63) is 0 Å². The van der Waals surface area contributed by atoms with E-state index in [1.54, 1.807) is 0 Å². The van der Waals surface area contributed by atoms with Gasteiger partial charge in [0.25, 0.3) is 0 Å². The summed E-state index contributed by atoms with van der Waals surface area (Å²) in [6.07, 6.45) is 7.42. The van der Waals surface area contributed by atoms with Crippen molar-refractivity contribution >= 4 is 0 Å². The topological polar surface area (TPSA) is 24.5 Å². The van der Waals surface area contributed by atoms with Crippen molar-refractivity contribution in [3.63, 3.8) is 0 Å². The average molecular weight is 252 g/mol. The van der Waals surface area contributed by atoms with E-state index in [1.807, 2.05) is 0 Å². The van der Waals surface area contributed by atoms with Crippen molar-refractivity contribution < 1.29 is 4.74 Å². The molecule has 1 saturated carbocycles. The number of rotatable bonds is 5. The van der Waals surface area contributed by atoms with E-state index in [9.17, 15) is 0 Å². The van der Waals surface area contributed by atoms with Crippen molar-refractivity contribution in [2.45, 2.75) is 51.2 Å². The van der Waals surface area contributed by atoms with Crippen LogP contribution in [0.25, 0.3) is 0 Å². The Kier molecular flexibility index (Phi) is 4.22. The molecule has 4 atom stereocenters. The van der Waals surface area contributed by atoms with E-state index in [0.717, 1.165) is 31.5 Å². The minimum Gasteiger partial charge on any atom is -0.377 e. The second kappa shape index (κ2) is 5.89. The van der Waals surface area contributed by atoms with E-state index in [-0.39, 0.29) is 0 Å². The Balaban J connectivity index is 1.35. The molecule has 104 valence electrons. The van der Waals surface area contributed by atoms with Crippen LogP contribution in [0.4, 0.5) is 0 Å². The highest BCUT2D eigenvalue weighted by molar-refractivity contribution is 4.90. The van der Waals surface area contributed by atoms with Crippen LogP contribution in [0.5, 0.6) is 0 Å². The van der Waals surface area contributed by atoms with Gasteiger partial charge in [-0.25, -0.2) is 0 Å². The van der Waals surface area contributed by atoms with Gasteiger partial charge in [-0.3, -0.25) is 4.90 Å². The van der Waals surface area contributed by atoms with E-state index in [0.29, 0.717) is 12.1 Å². The van der Waals surface area contributed by atoms with Crippen LogP contribution in [0, 0.1) is 11.8 Å². The average Bonchev–Trinajstić information content (AvgIpc) is 3.04. The minimum atomic E-state index is 0.482. The Labute approximate surface area is 111 Å². The first-order valence-corrected chi connectivity index (χ1v) is 7.89. The highest BCUT2D eigenvalue weighted by Crippen LogP contribution is 2.38.